The molecule has 1 aromatic rings. The van der Waals surface area contributed by atoms with Gasteiger partial charge in [-0.1, -0.05) is 38.1 Å². The zero-order valence-electron chi connectivity index (χ0n) is 14.3. The minimum absolute atomic E-state index is 0.589. The number of allylic oxidation sites excluding steroid dienone is 1. The Labute approximate surface area is 131 Å². The number of hydrogen-bond donors (Lipinski definition) is 0. The van der Waals surface area contributed by atoms with Crippen LogP contribution in [0, 0.1) is 11.8 Å². The van der Waals surface area contributed by atoms with E-state index in [0.29, 0.717) is 11.8 Å². The molecule has 0 saturated carbocycles. The van der Waals surface area contributed by atoms with E-state index in [0.717, 1.165) is 18.8 Å². The average Bonchev–Trinajstić information content (AvgIpc) is 2.41. The van der Waals surface area contributed by atoms with Crippen LogP contribution in [0.2, 0.25) is 19.6 Å². The summed E-state index contributed by atoms with van der Waals surface area (Å²) in [5, 5.41) is 0. The van der Waals surface area contributed by atoms with Crippen LogP contribution in [0.25, 0.3) is 6.08 Å². The van der Waals surface area contributed by atoms with Crippen LogP contribution in [0.15, 0.2) is 30.3 Å². The fraction of sp³-hybridized carbons (Fsp3) is 0.556. The molecule has 0 aromatic heterocycles. The molecule has 1 rings (SSSR count). The van der Waals surface area contributed by atoms with E-state index < -0.39 is 8.32 Å². The maximum absolute atomic E-state index is 6.07. The molecule has 2 nitrogen and oxygen atoms in total. The van der Waals surface area contributed by atoms with Crippen LogP contribution in [-0.2, 0) is 4.43 Å². The number of rotatable bonds is 8. The molecule has 0 aliphatic carbocycles. The lowest BCUT2D eigenvalue weighted by Crippen LogP contribution is -2.29. The molecule has 0 bridgehead atoms. The Bertz CT molecular complexity index is 430. The highest BCUT2D eigenvalue weighted by Gasteiger charge is 2.19. The first-order valence-electron chi connectivity index (χ1n) is 7.76. The van der Waals surface area contributed by atoms with Gasteiger partial charge in [-0.25, -0.2) is 0 Å². The molecule has 0 aliphatic heterocycles. The molecular formula is C18H30O2Si. The van der Waals surface area contributed by atoms with Gasteiger partial charge in [0.1, 0.15) is 5.75 Å². The van der Waals surface area contributed by atoms with Crippen molar-refractivity contribution in [3.05, 3.63) is 35.9 Å². The second kappa shape index (κ2) is 8.40. The molecule has 0 radical (unpaired) electrons. The molecule has 21 heavy (non-hydrogen) atoms. The monoisotopic (exact) mass is 306 g/mol. The van der Waals surface area contributed by atoms with Gasteiger partial charge in [-0.05, 0) is 55.6 Å². The van der Waals surface area contributed by atoms with Gasteiger partial charge in [-0.15, -0.1) is 0 Å². The van der Waals surface area contributed by atoms with Gasteiger partial charge in [-0.3, -0.25) is 0 Å². The maximum atomic E-state index is 6.07. The summed E-state index contributed by atoms with van der Waals surface area (Å²) < 4.78 is 11.2. The highest BCUT2D eigenvalue weighted by atomic mass is 28.4. The average molecular weight is 307 g/mol. The number of ether oxygens (including phenoxy) is 1. The van der Waals surface area contributed by atoms with Gasteiger partial charge >= 0.3 is 0 Å². The maximum Gasteiger partial charge on any atom is 0.183 e. The molecule has 1 atom stereocenters. The normalized spacial score (nSPS) is 13.9. The Hall–Kier alpha value is -1.06. The highest BCUT2D eigenvalue weighted by Crippen LogP contribution is 2.20. The van der Waals surface area contributed by atoms with Crippen molar-refractivity contribution in [3.63, 3.8) is 0 Å². The van der Waals surface area contributed by atoms with Crippen LogP contribution in [-0.4, -0.2) is 22.0 Å². The summed E-state index contributed by atoms with van der Waals surface area (Å²) >= 11 is 0. The standard InChI is InChI=1S/C18H30O2Si/c1-15(2)17(14-20-21(4,5)6)9-7-8-16-10-12-18(19-3)13-11-16/h7-8,10-13,15,17H,9,14H2,1-6H3/b8-7+. The van der Waals surface area contributed by atoms with Gasteiger partial charge < -0.3 is 9.16 Å². The zero-order valence-corrected chi connectivity index (χ0v) is 15.3. The molecule has 0 heterocycles. The van der Waals surface area contributed by atoms with E-state index in [1.165, 1.54) is 5.56 Å². The second-order valence-corrected chi connectivity index (χ2v) is 11.4. The Balaban J connectivity index is 2.53. The molecule has 1 aromatic carbocycles. The molecule has 0 fully saturated rings. The molecule has 118 valence electrons. The fourth-order valence-electron chi connectivity index (χ4n) is 1.98. The third kappa shape index (κ3) is 7.49. The quantitative estimate of drug-likeness (QED) is 0.613. The first kappa shape index (κ1) is 18.0. The van der Waals surface area contributed by atoms with Crippen LogP contribution in [0.3, 0.4) is 0 Å². The van der Waals surface area contributed by atoms with Crippen molar-refractivity contribution < 1.29 is 9.16 Å². The van der Waals surface area contributed by atoms with E-state index in [1.807, 2.05) is 12.1 Å². The minimum Gasteiger partial charge on any atom is -0.497 e. The SMILES string of the molecule is COc1ccc(/C=C/CC(CO[Si](C)(C)C)C(C)C)cc1. The van der Waals surface area contributed by atoms with Gasteiger partial charge in [0, 0.05) is 6.61 Å². The lowest BCUT2D eigenvalue weighted by molar-refractivity contribution is 0.205. The first-order valence-corrected chi connectivity index (χ1v) is 11.2. The number of methoxy groups -OCH3 is 1. The van der Waals surface area contributed by atoms with Gasteiger partial charge in [-0.2, -0.15) is 0 Å². The summed E-state index contributed by atoms with van der Waals surface area (Å²) in [6.07, 6.45) is 5.51. The minimum atomic E-state index is -1.42. The second-order valence-electron chi connectivity index (χ2n) is 6.84. The lowest BCUT2D eigenvalue weighted by Gasteiger charge is -2.25. The molecule has 0 spiro atoms. The lowest BCUT2D eigenvalue weighted by atomic mass is 9.93. The van der Waals surface area contributed by atoms with E-state index in [4.69, 9.17) is 9.16 Å². The van der Waals surface area contributed by atoms with Crippen molar-refractivity contribution in [2.75, 3.05) is 13.7 Å². The van der Waals surface area contributed by atoms with Crippen LogP contribution in [0.5, 0.6) is 5.75 Å². The molecule has 0 N–H and O–H groups in total. The van der Waals surface area contributed by atoms with Crippen molar-refractivity contribution in [1.29, 1.82) is 0 Å². The Morgan fingerprint density at radius 1 is 1.10 bits per heavy atom. The first-order chi connectivity index (χ1) is 9.81. The van der Waals surface area contributed by atoms with Gasteiger partial charge in [0.2, 0.25) is 0 Å². The molecule has 3 heteroatoms. The smallest absolute Gasteiger partial charge is 0.183 e. The Kier molecular flexibility index (Phi) is 7.19. The summed E-state index contributed by atoms with van der Waals surface area (Å²) in [4.78, 5) is 0. The van der Waals surface area contributed by atoms with Crippen LogP contribution >= 0.6 is 0 Å². The van der Waals surface area contributed by atoms with Gasteiger partial charge in [0.15, 0.2) is 8.32 Å². The van der Waals surface area contributed by atoms with Crippen molar-refractivity contribution in [2.24, 2.45) is 11.8 Å². The predicted molar refractivity (Wildman–Crippen MR) is 94.3 cm³/mol. The summed E-state index contributed by atoms with van der Waals surface area (Å²) in [6.45, 7) is 12.2. The van der Waals surface area contributed by atoms with E-state index in [2.05, 4.69) is 57.8 Å². The summed E-state index contributed by atoms with van der Waals surface area (Å²) in [7, 11) is 0.274. The molecular weight excluding hydrogens is 276 g/mol. The number of hydrogen-bond acceptors (Lipinski definition) is 2. The largest absolute Gasteiger partial charge is 0.497 e. The van der Waals surface area contributed by atoms with Crippen molar-refractivity contribution >= 4 is 14.4 Å². The highest BCUT2D eigenvalue weighted by molar-refractivity contribution is 6.69. The molecule has 0 saturated heterocycles. The van der Waals surface area contributed by atoms with Gasteiger partial charge in [0.25, 0.3) is 0 Å². The Morgan fingerprint density at radius 3 is 2.19 bits per heavy atom. The van der Waals surface area contributed by atoms with E-state index in [-0.39, 0.29) is 0 Å². The summed E-state index contributed by atoms with van der Waals surface area (Å²) in [6, 6.07) is 8.15. The van der Waals surface area contributed by atoms with E-state index in [1.54, 1.807) is 7.11 Å². The van der Waals surface area contributed by atoms with E-state index in [9.17, 15) is 0 Å². The summed E-state index contributed by atoms with van der Waals surface area (Å²) in [5.74, 6) is 2.13. The Morgan fingerprint density at radius 2 is 1.71 bits per heavy atom. The van der Waals surface area contributed by atoms with Crippen LogP contribution in [0.1, 0.15) is 25.8 Å². The van der Waals surface area contributed by atoms with Crippen molar-refractivity contribution in [3.8, 4) is 5.75 Å². The molecule has 0 aliphatic rings. The van der Waals surface area contributed by atoms with E-state index >= 15 is 0 Å². The van der Waals surface area contributed by atoms with Crippen LogP contribution < -0.4 is 4.74 Å². The van der Waals surface area contributed by atoms with Crippen molar-refractivity contribution in [1.82, 2.24) is 0 Å². The number of benzene rings is 1. The topological polar surface area (TPSA) is 18.5 Å². The van der Waals surface area contributed by atoms with Gasteiger partial charge in [0.05, 0.1) is 7.11 Å². The third-order valence-corrected chi connectivity index (χ3v) is 4.57. The fourth-order valence-corrected chi connectivity index (χ4v) is 2.70. The molecule has 1 unspecified atom stereocenters. The van der Waals surface area contributed by atoms with Crippen LogP contribution in [0.4, 0.5) is 0 Å². The zero-order chi connectivity index (χ0) is 15.9. The third-order valence-electron chi connectivity index (χ3n) is 3.54. The summed E-state index contributed by atoms with van der Waals surface area (Å²) in [5.41, 5.74) is 1.21. The predicted octanol–water partition coefficient (Wildman–Crippen LogP) is 5.22. The molecule has 0 amide bonds. The van der Waals surface area contributed by atoms with Crippen molar-refractivity contribution in [2.45, 2.75) is 39.9 Å².